The van der Waals surface area contributed by atoms with Crippen molar-refractivity contribution in [1.82, 2.24) is 0 Å². The zero-order valence-corrected chi connectivity index (χ0v) is 9.91. The van der Waals surface area contributed by atoms with Gasteiger partial charge in [0.15, 0.2) is 5.79 Å². The highest BCUT2D eigenvalue weighted by molar-refractivity contribution is 5.15. The summed E-state index contributed by atoms with van der Waals surface area (Å²) in [4.78, 5) is 0. The summed E-state index contributed by atoms with van der Waals surface area (Å²) < 4.78 is 17.9. The molecule has 3 rings (SSSR count). The molecule has 0 amide bonds. The summed E-state index contributed by atoms with van der Waals surface area (Å²) >= 11 is 0. The highest BCUT2D eigenvalue weighted by Crippen LogP contribution is 2.43. The number of hydrogen-bond acceptors (Lipinski definition) is 3. The van der Waals surface area contributed by atoms with Crippen molar-refractivity contribution in [3.05, 3.63) is 11.6 Å². The lowest BCUT2D eigenvalue weighted by Crippen LogP contribution is -2.36. The Hall–Kier alpha value is -0.380. The summed E-state index contributed by atoms with van der Waals surface area (Å²) in [5.41, 5.74) is 1.25. The maximum Gasteiger partial charge on any atom is 0.169 e. The van der Waals surface area contributed by atoms with Crippen molar-refractivity contribution in [1.29, 1.82) is 0 Å². The summed E-state index contributed by atoms with van der Waals surface area (Å²) in [5, 5.41) is 0. The molecule has 3 heteroatoms. The van der Waals surface area contributed by atoms with E-state index in [1.807, 2.05) is 0 Å². The lowest BCUT2D eigenvalue weighted by atomic mass is 9.94. The monoisotopic (exact) mass is 224 g/mol. The van der Waals surface area contributed by atoms with Gasteiger partial charge in [0.2, 0.25) is 0 Å². The highest BCUT2D eigenvalue weighted by Gasteiger charge is 2.50. The average molecular weight is 224 g/mol. The van der Waals surface area contributed by atoms with E-state index in [2.05, 4.69) is 13.0 Å². The third-order valence-corrected chi connectivity index (χ3v) is 3.95. The third kappa shape index (κ3) is 1.71. The quantitative estimate of drug-likeness (QED) is 0.591. The van der Waals surface area contributed by atoms with Crippen LogP contribution in [0.15, 0.2) is 11.6 Å². The molecule has 0 aromatic heterocycles. The molecule has 0 N–H and O–H groups in total. The number of rotatable bonds is 0. The third-order valence-electron chi connectivity index (χ3n) is 3.95. The van der Waals surface area contributed by atoms with Crippen molar-refractivity contribution >= 4 is 0 Å². The number of fused-ring (bicyclic) bond motifs is 1. The van der Waals surface area contributed by atoms with Crippen LogP contribution >= 0.6 is 0 Å². The Balaban J connectivity index is 1.78. The van der Waals surface area contributed by atoms with Gasteiger partial charge in [0.25, 0.3) is 0 Å². The molecule has 3 nitrogen and oxygen atoms in total. The minimum absolute atomic E-state index is 0.123. The predicted octanol–water partition coefficient (Wildman–Crippen LogP) is 2.41. The van der Waals surface area contributed by atoms with Gasteiger partial charge in [0.05, 0.1) is 13.2 Å². The molecule has 2 heterocycles. The highest BCUT2D eigenvalue weighted by atomic mass is 16.8. The van der Waals surface area contributed by atoms with Crippen LogP contribution in [0.2, 0.25) is 0 Å². The van der Waals surface area contributed by atoms with Crippen LogP contribution in [-0.4, -0.2) is 31.2 Å². The lowest BCUT2D eigenvalue weighted by Gasteiger charge is -2.31. The molecule has 3 fully saturated rings. The standard InChI is InChI=1S/C13H20O3/c1-2-10-8-14-9-11-12(10)16-13(15-11)6-4-3-5-7-13/h2,11-12H,3-9H2,1H3/t11?,12-/m0/s1. The molecular formula is C13H20O3. The topological polar surface area (TPSA) is 27.7 Å². The van der Waals surface area contributed by atoms with E-state index in [4.69, 9.17) is 14.2 Å². The largest absolute Gasteiger partial charge is 0.374 e. The first kappa shape index (κ1) is 10.8. The van der Waals surface area contributed by atoms with Crippen molar-refractivity contribution in [3.8, 4) is 0 Å². The normalized spacial score (nSPS) is 40.2. The molecule has 90 valence electrons. The van der Waals surface area contributed by atoms with Gasteiger partial charge in [-0.05, 0) is 25.3 Å². The molecule has 2 aliphatic heterocycles. The first-order valence-electron chi connectivity index (χ1n) is 6.41. The molecule has 1 aliphatic carbocycles. The van der Waals surface area contributed by atoms with E-state index in [1.165, 1.54) is 24.8 Å². The molecule has 0 aromatic rings. The Bertz CT molecular complexity index is 292. The zero-order valence-electron chi connectivity index (χ0n) is 9.91. The van der Waals surface area contributed by atoms with Crippen LogP contribution in [-0.2, 0) is 14.2 Å². The SMILES string of the molecule is CC=C1COCC2OC3(CCCCC3)O[C@@H]12. The maximum absolute atomic E-state index is 6.23. The fourth-order valence-electron chi connectivity index (χ4n) is 3.06. The molecule has 1 spiro atoms. The van der Waals surface area contributed by atoms with Crippen LogP contribution in [0.5, 0.6) is 0 Å². The van der Waals surface area contributed by atoms with Gasteiger partial charge in [-0.2, -0.15) is 0 Å². The molecule has 0 bridgehead atoms. The van der Waals surface area contributed by atoms with Gasteiger partial charge in [0, 0.05) is 12.8 Å². The van der Waals surface area contributed by atoms with Gasteiger partial charge in [-0.3, -0.25) is 0 Å². The van der Waals surface area contributed by atoms with Crippen LogP contribution in [0.25, 0.3) is 0 Å². The van der Waals surface area contributed by atoms with E-state index in [9.17, 15) is 0 Å². The summed E-state index contributed by atoms with van der Waals surface area (Å²) in [7, 11) is 0. The van der Waals surface area contributed by atoms with Crippen LogP contribution in [0.1, 0.15) is 39.0 Å². The molecule has 3 aliphatic rings. The summed E-state index contributed by atoms with van der Waals surface area (Å²) in [6.45, 7) is 3.44. The number of allylic oxidation sites excluding steroid dienone is 1. The fourth-order valence-corrected chi connectivity index (χ4v) is 3.06. The van der Waals surface area contributed by atoms with Crippen molar-refractivity contribution in [2.24, 2.45) is 0 Å². The van der Waals surface area contributed by atoms with E-state index in [-0.39, 0.29) is 18.0 Å². The van der Waals surface area contributed by atoms with Crippen molar-refractivity contribution in [2.45, 2.75) is 57.0 Å². The van der Waals surface area contributed by atoms with Gasteiger partial charge >= 0.3 is 0 Å². The van der Waals surface area contributed by atoms with Crippen LogP contribution < -0.4 is 0 Å². The van der Waals surface area contributed by atoms with Gasteiger partial charge < -0.3 is 14.2 Å². The fraction of sp³-hybridized carbons (Fsp3) is 0.846. The molecule has 1 saturated carbocycles. The van der Waals surface area contributed by atoms with E-state index in [0.717, 1.165) is 12.8 Å². The van der Waals surface area contributed by atoms with Crippen molar-refractivity contribution in [2.75, 3.05) is 13.2 Å². The lowest BCUT2D eigenvalue weighted by molar-refractivity contribution is -0.192. The number of ether oxygens (including phenoxy) is 3. The summed E-state index contributed by atoms with van der Waals surface area (Å²) in [6.07, 6.45) is 8.26. The van der Waals surface area contributed by atoms with Gasteiger partial charge in [-0.25, -0.2) is 0 Å². The van der Waals surface area contributed by atoms with E-state index in [0.29, 0.717) is 13.2 Å². The molecular weight excluding hydrogens is 204 g/mol. The molecule has 2 saturated heterocycles. The minimum atomic E-state index is -0.282. The van der Waals surface area contributed by atoms with Crippen molar-refractivity contribution in [3.63, 3.8) is 0 Å². The zero-order chi connectivity index (χ0) is 11.0. The van der Waals surface area contributed by atoms with E-state index < -0.39 is 0 Å². The predicted molar refractivity (Wildman–Crippen MR) is 60.1 cm³/mol. The first-order chi connectivity index (χ1) is 7.83. The maximum atomic E-state index is 6.23. The smallest absolute Gasteiger partial charge is 0.169 e. The molecule has 0 aromatic carbocycles. The van der Waals surface area contributed by atoms with Crippen molar-refractivity contribution < 1.29 is 14.2 Å². The molecule has 16 heavy (non-hydrogen) atoms. The second kappa shape index (κ2) is 4.13. The van der Waals surface area contributed by atoms with E-state index >= 15 is 0 Å². The Morgan fingerprint density at radius 2 is 2.00 bits per heavy atom. The van der Waals surface area contributed by atoms with Crippen LogP contribution in [0.3, 0.4) is 0 Å². The number of hydrogen-bond donors (Lipinski definition) is 0. The second-order valence-corrected chi connectivity index (χ2v) is 5.04. The van der Waals surface area contributed by atoms with Crippen LogP contribution in [0.4, 0.5) is 0 Å². The summed E-state index contributed by atoms with van der Waals surface area (Å²) in [5.74, 6) is -0.282. The minimum Gasteiger partial charge on any atom is -0.374 e. The molecule has 1 unspecified atom stereocenters. The van der Waals surface area contributed by atoms with Gasteiger partial charge in [0.1, 0.15) is 12.2 Å². The Kier molecular flexibility index (Phi) is 2.78. The van der Waals surface area contributed by atoms with E-state index in [1.54, 1.807) is 0 Å². The Morgan fingerprint density at radius 1 is 1.19 bits per heavy atom. The average Bonchev–Trinajstić information content (AvgIpc) is 2.67. The molecule has 0 radical (unpaired) electrons. The Labute approximate surface area is 96.8 Å². The second-order valence-electron chi connectivity index (χ2n) is 5.04. The van der Waals surface area contributed by atoms with Gasteiger partial charge in [-0.1, -0.05) is 12.5 Å². The Morgan fingerprint density at radius 3 is 2.75 bits per heavy atom. The van der Waals surface area contributed by atoms with Crippen LogP contribution in [0, 0.1) is 0 Å². The summed E-state index contributed by atoms with van der Waals surface area (Å²) in [6, 6.07) is 0. The van der Waals surface area contributed by atoms with Gasteiger partial charge in [-0.15, -0.1) is 0 Å². The molecule has 2 atom stereocenters. The first-order valence-corrected chi connectivity index (χ1v) is 6.41.